The van der Waals surface area contributed by atoms with Crippen LogP contribution < -0.4 is 15.6 Å². The van der Waals surface area contributed by atoms with Crippen LogP contribution >= 0.6 is 11.6 Å². The molecule has 39 heavy (non-hydrogen) atoms. The van der Waals surface area contributed by atoms with Crippen LogP contribution in [0.3, 0.4) is 0 Å². The molecule has 2 aliphatic rings. The number of halogens is 1. The van der Waals surface area contributed by atoms with Gasteiger partial charge in [0.25, 0.3) is 11.5 Å². The van der Waals surface area contributed by atoms with E-state index in [1.807, 2.05) is 12.1 Å². The van der Waals surface area contributed by atoms with Crippen molar-refractivity contribution in [1.82, 2.24) is 39.7 Å². The molecule has 0 unspecified atom stereocenters. The van der Waals surface area contributed by atoms with Crippen LogP contribution in [-0.2, 0) is 4.79 Å². The third-order valence-electron chi connectivity index (χ3n) is 7.02. The Morgan fingerprint density at radius 2 is 2.03 bits per heavy atom. The minimum Gasteiger partial charge on any atom is -0.466 e. The number of aromatic amines is 1. The van der Waals surface area contributed by atoms with Crippen molar-refractivity contribution in [3.05, 3.63) is 81.9 Å². The summed E-state index contributed by atoms with van der Waals surface area (Å²) in [5.41, 5.74) is 4.79. The molecular weight excluding hydrogens is 522 g/mol. The minimum atomic E-state index is -0.267. The lowest BCUT2D eigenvalue weighted by Crippen LogP contribution is -2.26. The first kappa shape index (κ1) is 23.3. The predicted octanol–water partition coefficient (Wildman–Crippen LogP) is 3.36. The number of fused-ring (bicyclic) bond motifs is 2. The molecule has 12 nitrogen and oxygen atoms in total. The first-order chi connectivity index (χ1) is 18.9. The van der Waals surface area contributed by atoms with E-state index in [2.05, 4.69) is 42.7 Å². The van der Waals surface area contributed by atoms with Gasteiger partial charge in [0.2, 0.25) is 5.88 Å². The van der Waals surface area contributed by atoms with E-state index in [9.17, 15) is 9.59 Å². The molecule has 6 heterocycles. The smallest absolute Gasteiger partial charge is 0.262 e. The van der Waals surface area contributed by atoms with Crippen LogP contribution in [0.4, 0.5) is 5.69 Å². The maximum absolute atomic E-state index is 13.6. The summed E-state index contributed by atoms with van der Waals surface area (Å²) in [5.74, 6) is 0.904. The summed E-state index contributed by atoms with van der Waals surface area (Å²) in [5, 5.41) is 14.7. The number of amides is 1. The molecule has 2 atom stereocenters. The average molecular weight is 542 g/mol. The number of benzene rings is 1. The van der Waals surface area contributed by atoms with E-state index in [1.165, 1.54) is 6.33 Å². The number of anilines is 1. The van der Waals surface area contributed by atoms with Gasteiger partial charge in [-0.1, -0.05) is 18.5 Å². The number of aromatic nitrogens is 8. The first-order valence-corrected chi connectivity index (χ1v) is 12.6. The van der Waals surface area contributed by atoms with Crippen LogP contribution in [0.25, 0.3) is 28.2 Å². The molecule has 0 radical (unpaired) electrons. The van der Waals surface area contributed by atoms with E-state index < -0.39 is 0 Å². The van der Waals surface area contributed by atoms with Gasteiger partial charge in [-0.15, -0.1) is 5.10 Å². The molecule has 2 aliphatic heterocycles. The van der Waals surface area contributed by atoms with E-state index in [-0.39, 0.29) is 30.0 Å². The summed E-state index contributed by atoms with van der Waals surface area (Å²) in [4.78, 5) is 37.6. The number of imidazole rings is 1. The summed E-state index contributed by atoms with van der Waals surface area (Å²) in [6.07, 6.45) is 3.89. The van der Waals surface area contributed by atoms with Gasteiger partial charge in [-0.25, -0.2) is 9.97 Å². The second-order valence-corrected chi connectivity index (χ2v) is 9.95. The first-order valence-electron chi connectivity index (χ1n) is 12.2. The summed E-state index contributed by atoms with van der Waals surface area (Å²) in [7, 11) is 0. The molecule has 0 saturated carbocycles. The summed E-state index contributed by atoms with van der Waals surface area (Å²) in [6.45, 7) is 2.02. The molecule has 0 spiro atoms. The van der Waals surface area contributed by atoms with Gasteiger partial charge in [0, 0.05) is 22.3 Å². The normalized spacial score (nSPS) is 17.8. The molecule has 0 saturated heterocycles. The molecule has 7 rings (SSSR count). The number of pyridine rings is 2. The zero-order valence-electron chi connectivity index (χ0n) is 20.5. The Bertz CT molecular complexity index is 1810. The fourth-order valence-electron chi connectivity index (χ4n) is 5.23. The second-order valence-electron chi connectivity index (χ2n) is 9.51. The fraction of sp³-hybridized carbons (Fsp3) is 0.192. The number of nitrogens with one attached hydrogen (secondary N) is 2. The number of tetrazole rings is 1. The number of ether oxygens (including phenoxy) is 1. The van der Waals surface area contributed by atoms with E-state index in [0.717, 1.165) is 16.8 Å². The SMILES string of the molecule is C[C@@H]1C[C@@H](c2ncc(-c3ccc4c(n3)OCC(=O)N4)[nH]2)n2c1cc(-c1cc(Cl)ccc1-n1cnnn1)cc2=O. The standard InChI is InChI=1S/C26H20ClN9O3/c1-13-6-22(25-28-10-19(31-25)17-3-4-18-26(32-17)39-11-23(37)30-18)36-21(13)7-14(8-24(36)38)16-9-15(27)2-5-20(16)35-12-29-33-34-35/h2-5,7-10,12-13,22H,6,11H2,1H3,(H,28,31)(H,30,37)/t13-,22+/m1/s1. The Labute approximate surface area is 225 Å². The minimum absolute atomic E-state index is 0.0776. The van der Waals surface area contributed by atoms with Crippen molar-refractivity contribution >= 4 is 23.2 Å². The van der Waals surface area contributed by atoms with Gasteiger partial charge < -0.3 is 19.6 Å². The van der Waals surface area contributed by atoms with Crippen LogP contribution in [0.5, 0.6) is 5.88 Å². The predicted molar refractivity (Wildman–Crippen MR) is 141 cm³/mol. The van der Waals surface area contributed by atoms with Crippen LogP contribution in [0.2, 0.25) is 5.02 Å². The number of nitrogens with zero attached hydrogens (tertiary/aromatic N) is 7. The second kappa shape index (κ2) is 8.88. The van der Waals surface area contributed by atoms with Crippen molar-refractivity contribution in [1.29, 1.82) is 0 Å². The Balaban J connectivity index is 1.25. The number of hydrogen-bond donors (Lipinski definition) is 2. The number of carbonyl (C=O) groups excluding carboxylic acids is 1. The largest absolute Gasteiger partial charge is 0.466 e. The lowest BCUT2D eigenvalue weighted by Gasteiger charge is -2.17. The van der Waals surface area contributed by atoms with Crippen molar-refractivity contribution in [2.75, 3.05) is 11.9 Å². The molecule has 0 fully saturated rings. The zero-order chi connectivity index (χ0) is 26.7. The molecular formula is C26H20ClN9O3. The number of H-pyrrole nitrogens is 1. The van der Waals surface area contributed by atoms with E-state index in [0.29, 0.717) is 45.9 Å². The molecule has 0 bridgehead atoms. The molecule has 2 N–H and O–H groups in total. The summed E-state index contributed by atoms with van der Waals surface area (Å²) in [6, 6.07) is 12.3. The Morgan fingerprint density at radius 1 is 1.13 bits per heavy atom. The molecule has 13 heteroatoms. The van der Waals surface area contributed by atoms with Gasteiger partial charge in [0.1, 0.15) is 17.8 Å². The molecule has 1 amide bonds. The van der Waals surface area contributed by atoms with Gasteiger partial charge in [-0.3, -0.25) is 9.59 Å². The van der Waals surface area contributed by atoms with Crippen molar-refractivity contribution in [3.8, 4) is 34.1 Å². The highest BCUT2D eigenvalue weighted by molar-refractivity contribution is 6.31. The van der Waals surface area contributed by atoms with Gasteiger partial charge in [-0.05, 0) is 64.7 Å². The summed E-state index contributed by atoms with van der Waals surface area (Å²) < 4.78 is 8.78. The topological polar surface area (TPSA) is 146 Å². The van der Waals surface area contributed by atoms with E-state index >= 15 is 0 Å². The maximum Gasteiger partial charge on any atom is 0.262 e. The lowest BCUT2D eigenvalue weighted by molar-refractivity contribution is -0.118. The Hall–Kier alpha value is -4.84. The van der Waals surface area contributed by atoms with Gasteiger partial charge >= 0.3 is 0 Å². The van der Waals surface area contributed by atoms with Gasteiger partial charge in [0.05, 0.1) is 29.3 Å². The number of carbonyl (C=O) groups is 1. The van der Waals surface area contributed by atoms with Crippen LogP contribution in [0.1, 0.15) is 36.8 Å². The molecule has 1 aromatic carbocycles. The van der Waals surface area contributed by atoms with Crippen LogP contribution in [-0.4, -0.2) is 52.2 Å². The highest BCUT2D eigenvalue weighted by atomic mass is 35.5. The van der Waals surface area contributed by atoms with Gasteiger partial charge in [-0.2, -0.15) is 4.68 Å². The third kappa shape index (κ3) is 3.96. The highest BCUT2D eigenvalue weighted by Crippen LogP contribution is 2.40. The lowest BCUT2D eigenvalue weighted by atomic mass is 9.99. The van der Waals surface area contributed by atoms with Crippen molar-refractivity contribution < 1.29 is 9.53 Å². The van der Waals surface area contributed by atoms with Gasteiger partial charge in [0.15, 0.2) is 6.61 Å². The van der Waals surface area contributed by atoms with Crippen molar-refractivity contribution in [3.63, 3.8) is 0 Å². The van der Waals surface area contributed by atoms with Crippen LogP contribution in [0, 0.1) is 0 Å². The quantitative estimate of drug-likeness (QED) is 0.352. The Morgan fingerprint density at radius 3 is 2.87 bits per heavy atom. The highest BCUT2D eigenvalue weighted by Gasteiger charge is 2.33. The molecule has 4 aromatic heterocycles. The number of hydrogen-bond acceptors (Lipinski definition) is 8. The molecule has 194 valence electrons. The molecule has 0 aliphatic carbocycles. The fourth-order valence-corrected chi connectivity index (χ4v) is 5.40. The monoisotopic (exact) mass is 541 g/mol. The van der Waals surface area contributed by atoms with Crippen molar-refractivity contribution in [2.24, 2.45) is 0 Å². The van der Waals surface area contributed by atoms with E-state index in [4.69, 9.17) is 16.3 Å². The van der Waals surface area contributed by atoms with Crippen molar-refractivity contribution in [2.45, 2.75) is 25.3 Å². The van der Waals surface area contributed by atoms with Crippen LogP contribution in [0.15, 0.2) is 59.8 Å². The number of rotatable bonds is 4. The Kier molecular flexibility index (Phi) is 5.30. The zero-order valence-corrected chi connectivity index (χ0v) is 21.3. The third-order valence-corrected chi connectivity index (χ3v) is 7.25. The average Bonchev–Trinajstić information content (AvgIpc) is 3.69. The molecule has 5 aromatic rings. The van der Waals surface area contributed by atoms with E-state index in [1.54, 1.807) is 45.8 Å². The maximum atomic E-state index is 13.6. The summed E-state index contributed by atoms with van der Waals surface area (Å²) >= 11 is 6.33.